The van der Waals surface area contributed by atoms with Crippen molar-refractivity contribution in [2.45, 2.75) is 25.7 Å². The number of nitrogens with one attached hydrogen (secondary N) is 2. The van der Waals surface area contributed by atoms with E-state index in [1.807, 2.05) is 0 Å². The van der Waals surface area contributed by atoms with Crippen LogP contribution in [0.1, 0.15) is 25.7 Å². The molecular weight excluding hydrogens is 208 g/mol. The number of hydrogen-bond acceptors (Lipinski definition) is 3. The van der Waals surface area contributed by atoms with Gasteiger partial charge in [-0.15, -0.1) is 0 Å². The summed E-state index contributed by atoms with van der Waals surface area (Å²) in [7, 11) is 0. The molecule has 0 spiro atoms. The molecule has 1 rings (SSSR count). The van der Waals surface area contributed by atoms with Crippen molar-refractivity contribution in [3.63, 3.8) is 0 Å². The number of carbonyl (C=O) groups excluding carboxylic acids is 2. The first-order valence-corrected chi connectivity index (χ1v) is 5.84. The van der Waals surface area contributed by atoms with Crippen LogP contribution in [-0.2, 0) is 14.3 Å². The predicted octanol–water partition coefficient (Wildman–Crippen LogP) is 0.0554. The van der Waals surface area contributed by atoms with E-state index in [1.54, 1.807) is 0 Å². The highest BCUT2D eigenvalue weighted by atomic mass is 16.5. The predicted molar refractivity (Wildman–Crippen MR) is 59.9 cm³/mol. The molecule has 0 unspecified atom stereocenters. The first-order valence-electron chi connectivity index (χ1n) is 5.84. The Morgan fingerprint density at radius 2 is 2.06 bits per heavy atom. The minimum atomic E-state index is 0.109. The van der Waals surface area contributed by atoms with Gasteiger partial charge >= 0.3 is 0 Å². The molecule has 1 heterocycles. The summed E-state index contributed by atoms with van der Waals surface area (Å²) >= 11 is 0. The van der Waals surface area contributed by atoms with Crippen molar-refractivity contribution in [1.82, 2.24) is 10.6 Å². The molecule has 0 saturated carbocycles. The second-order valence-corrected chi connectivity index (χ2v) is 4.04. The maximum Gasteiger partial charge on any atom is 0.220 e. The van der Waals surface area contributed by atoms with Crippen LogP contribution >= 0.6 is 0 Å². The second kappa shape index (κ2) is 8.10. The molecule has 92 valence electrons. The van der Waals surface area contributed by atoms with Crippen molar-refractivity contribution in [3.05, 3.63) is 0 Å². The third kappa shape index (κ3) is 5.70. The number of ether oxygens (including phenoxy) is 1. The Hall–Kier alpha value is -1.10. The van der Waals surface area contributed by atoms with Gasteiger partial charge in [0.2, 0.25) is 12.3 Å². The third-order valence-corrected chi connectivity index (χ3v) is 2.72. The average molecular weight is 228 g/mol. The fourth-order valence-corrected chi connectivity index (χ4v) is 1.76. The molecule has 16 heavy (non-hydrogen) atoms. The zero-order chi connectivity index (χ0) is 11.6. The van der Waals surface area contributed by atoms with Gasteiger partial charge in [-0.05, 0) is 25.2 Å². The van der Waals surface area contributed by atoms with Gasteiger partial charge in [-0.25, -0.2) is 0 Å². The summed E-state index contributed by atoms with van der Waals surface area (Å²) in [4.78, 5) is 21.5. The quantitative estimate of drug-likeness (QED) is 0.478. The van der Waals surface area contributed by atoms with Crippen molar-refractivity contribution in [2.24, 2.45) is 5.92 Å². The summed E-state index contributed by atoms with van der Waals surface area (Å²) in [6, 6.07) is 0. The molecule has 0 aromatic heterocycles. The molecule has 5 heteroatoms. The molecule has 0 atom stereocenters. The number of carbonyl (C=O) groups is 2. The minimum Gasteiger partial charge on any atom is -0.381 e. The molecular formula is C11H20N2O3. The van der Waals surface area contributed by atoms with E-state index in [2.05, 4.69) is 10.6 Å². The van der Waals surface area contributed by atoms with Gasteiger partial charge in [0.1, 0.15) is 0 Å². The summed E-state index contributed by atoms with van der Waals surface area (Å²) in [6.45, 7) is 2.80. The van der Waals surface area contributed by atoms with E-state index in [-0.39, 0.29) is 5.91 Å². The van der Waals surface area contributed by atoms with Crippen LogP contribution in [0.15, 0.2) is 0 Å². The number of hydrogen-bond donors (Lipinski definition) is 2. The van der Waals surface area contributed by atoms with Gasteiger partial charge in [-0.3, -0.25) is 9.59 Å². The largest absolute Gasteiger partial charge is 0.381 e. The lowest BCUT2D eigenvalue weighted by Gasteiger charge is -2.21. The van der Waals surface area contributed by atoms with Gasteiger partial charge in [-0.2, -0.15) is 0 Å². The van der Waals surface area contributed by atoms with E-state index in [1.165, 1.54) is 0 Å². The van der Waals surface area contributed by atoms with Crippen molar-refractivity contribution in [1.29, 1.82) is 0 Å². The molecule has 1 aliphatic heterocycles. The molecule has 1 saturated heterocycles. The van der Waals surface area contributed by atoms with E-state index in [9.17, 15) is 9.59 Å². The first-order chi connectivity index (χ1) is 7.83. The van der Waals surface area contributed by atoms with Gasteiger partial charge in [0.15, 0.2) is 0 Å². The Bertz CT molecular complexity index is 215. The highest BCUT2D eigenvalue weighted by Crippen LogP contribution is 2.17. The topological polar surface area (TPSA) is 67.4 Å². The van der Waals surface area contributed by atoms with Crippen LogP contribution in [-0.4, -0.2) is 38.6 Å². The third-order valence-electron chi connectivity index (χ3n) is 2.72. The van der Waals surface area contributed by atoms with Gasteiger partial charge in [0.05, 0.1) is 0 Å². The summed E-state index contributed by atoms with van der Waals surface area (Å²) in [6.07, 6.45) is 4.02. The lowest BCUT2D eigenvalue weighted by Crippen LogP contribution is -2.30. The Kier molecular flexibility index (Phi) is 6.56. The average Bonchev–Trinajstić information content (AvgIpc) is 2.30. The highest BCUT2D eigenvalue weighted by Gasteiger charge is 2.16. The first kappa shape index (κ1) is 13.0. The molecule has 0 aliphatic carbocycles. The summed E-state index contributed by atoms with van der Waals surface area (Å²) in [5, 5.41) is 5.41. The van der Waals surface area contributed by atoms with Gasteiger partial charge in [0.25, 0.3) is 0 Å². The van der Waals surface area contributed by atoms with E-state index >= 15 is 0 Å². The van der Waals surface area contributed by atoms with E-state index in [0.29, 0.717) is 31.8 Å². The van der Waals surface area contributed by atoms with E-state index < -0.39 is 0 Å². The molecule has 0 aromatic rings. The lowest BCUT2D eigenvalue weighted by atomic mass is 9.96. The monoisotopic (exact) mass is 228 g/mol. The van der Waals surface area contributed by atoms with Crippen LogP contribution in [0, 0.1) is 5.92 Å². The molecule has 0 aromatic carbocycles. The Balaban J connectivity index is 1.99. The maximum absolute atomic E-state index is 11.5. The van der Waals surface area contributed by atoms with Crippen LogP contribution in [0.2, 0.25) is 0 Å². The summed E-state index contributed by atoms with van der Waals surface area (Å²) in [5.41, 5.74) is 0. The zero-order valence-electron chi connectivity index (χ0n) is 9.54. The zero-order valence-corrected chi connectivity index (χ0v) is 9.54. The fourth-order valence-electron chi connectivity index (χ4n) is 1.76. The van der Waals surface area contributed by atoms with Crippen LogP contribution in [0.3, 0.4) is 0 Å². The van der Waals surface area contributed by atoms with Crippen molar-refractivity contribution in [2.75, 3.05) is 26.3 Å². The van der Waals surface area contributed by atoms with Gasteiger partial charge in [0, 0.05) is 32.7 Å². The minimum absolute atomic E-state index is 0.109. The van der Waals surface area contributed by atoms with Crippen molar-refractivity contribution >= 4 is 12.3 Å². The molecule has 5 nitrogen and oxygen atoms in total. The fraction of sp³-hybridized carbons (Fsp3) is 0.818. The molecule has 1 aliphatic rings. The Labute approximate surface area is 95.9 Å². The number of rotatable bonds is 7. The molecule has 0 radical (unpaired) electrons. The SMILES string of the molecule is O=CNCCCNC(=O)CC1CCOCC1. The van der Waals surface area contributed by atoms with E-state index in [0.717, 1.165) is 32.5 Å². The molecule has 0 bridgehead atoms. The highest BCUT2D eigenvalue weighted by molar-refractivity contribution is 5.76. The van der Waals surface area contributed by atoms with Crippen LogP contribution in [0.25, 0.3) is 0 Å². The smallest absolute Gasteiger partial charge is 0.220 e. The van der Waals surface area contributed by atoms with E-state index in [4.69, 9.17) is 4.74 Å². The Morgan fingerprint density at radius 1 is 1.31 bits per heavy atom. The number of amides is 2. The summed E-state index contributed by atoms with van der Waals surface area (Å²) < 4.78 is 5.23. The second-order valence-electron chi connectivity index (χ2n) is 4.04. The van der Waals surface area contributed by atoms with Crippen LogP contribution in [0.4, 0.5) is 0 Å². The Morgan fingerprint density at radius 3 is 2.75 bits per heavy atom. The molecule has 2 N–H and O–H groups in total. The summed E-state index contributed by atoms with van der Waals surface area (Å²) in [5.74, 6) is 0.583. The van der Waals surface area contributed by atoms with Gasteiger partial charge < -0.3 is 15.4 Å². The normalized spacial score (nSPS) is 16.8. The lowest BCUT2D eigenvalue weighted by molar-refractivity contribution is -0.122. The standard InChI is InChI=1S/C11H20N2O3/c14-9-12-4-1-5-13-11(15)8-10-2-6-16-7-3-10/h9-10H,1-8H2,(H,12,14)(H,13,15). The molecule has 1 fully saturated rings. The van der Waals surface area contributed by atoms with Crippen LogP contribution in [0.5, 0.6) is 0 Å². The maximum atomic E-state index is 11.5. The van der Waals surface area contributed by atoms with Crippen molar-refractivity contribution < 1.29 is 14.3 Å². The van der Waals surface area contributed by atoms with Crippen LogP contribution < -0.4 is 10.6 Å². The van der Waals surface area contributed by atoms with Gasteiger partial charge in [-0.1, -0.05) is 0 Å². The van der Waals surface area contributed by atoms with Crippen molar-refractivity contribution in [3.8, 4) is 0 Å². The molecule has 2 amide bonds.